The molecule has 1 atom stereocenters. The van der Waals surface area contributed by atoms with Crippen molar-refractivity contribution < 1.29 is 14.3 Å². The summed E-state index contributed by atoms with van der Waals surface area (Å²) in [6.07, 6.45) is 0. The van der Waals surface area contributed by atoms with Crippen molar-refractivity contribution in [2.24, 2.45) is 0 Å². The van der Waals surface area contributed by atoms with Crippen LogP contribution in [0.3, 0.4) is 0 Å². The molecule has 0 fully saturated rings. The van der Waals surface area contributed by atoms with E-state index in [4.69, 9.17) is 9.47 Å². The van der Waals surface area contributed by atoms with Gasteiger partial charge in [-0.25, -0.2) is 0 Å². The van der Waals surface area contributed by atoms with Gasteiger partial charge in [0.2, 0.25) is 0 Å². The summed E-state index contributed by atoms with van der Waals surface area (Å²) in [5.74, 6) is 1.33. The average Bonchev–Trinajstić information content (AvgIpc) is 2.60. The van der Waals surface area contributed by atoms with Crippen molar-refractivity contribution in [3.05, 3.63) is 23.8 Å². The molecule has 1 N–H and O–H groups in total. The van der Waals surface area contributed by atoms with Gasteiger partial charge in [0.05, 0.1) is 0 Å². The number of carbonyl (C=O) groups is 1. The van der Waals surface area contributed by atoms with Gasteiger partial charge in [0.25, 0.3) is 0 Å². The molecule has 92 valence electrons. The first kappa shape index (κ1) is 13.1. The predicted octanol–water partition coefficient (Wildman–Crippen LogP) is -1.91. The first-order valence-corrected chi connectivity index (χ1v) is 6.01. The van der Waals surface area contributed by atoms with Gasteiger partial charge in [-0.3, -0.25) is 4.79 Å². The first-order chi connectivity index (χ1) is 8.25. The molecule has 0 radical (unpaired) electrons. The number of ether oxygens (including phenoxy) is 2. The lowest BCUT2D eigenvalue weighted by Gasteiger charge is -2.22. The molecule has 18 heavy (non-hydrogen) atoms. The monoisotopic (exact) mass is 243 g/mol. The molecular formula is C11H16B3NO3. The number of benzene rings is 1. The number of rotatable bonds is 3. The van der Waals surface area contributed by atoms with Crippen molar-refractivity contribution in [2.45, 2.75) is 17.9 Å². The van der Waals surface area contributed by atoms with Crippen molar-refractivity contribution in [1.82, 2.24) is 5.32 Å². The number of fused-ring (bicyclic) bond motifs is 1. The third-order valence-corrected chi connectivity index (χ3v) is 3.11. The Morgan fingerprint density at radius 1 is 1.33 bits per heavy atom. The molecule has 1 heterocycles. The number of hydrogen-bond donors (Lipinski definition) is 1. The van der Waals surface area contributed by atoms with Crippen molar-refractivity contribution in [1.29, 1.82) is 0 Å². The Bertz CT molecular complexity index is 502. The Balaban J connectivity index is 2.32. The molecule has 1 unspecified atom stereocenters. The molecule has 1 aliphatic heterocycles. The minimum absolute atomic E-state index is 0.0288. The molecule has 0 aromatic heterocycles. The zero-order valence-corrected chi connectivity index (χ0v) is 11.5. The van der Waals surface area contributed by atoms with Crippen LogP contribution in [-0.4, -0.2) is 47.4 Å². The quantitative estimate of drug-likeness (QED) is 0.496. The lowest BCUT2D eigenvalue weighted by molar-refractivity contribution is 0.0830. The van der Waals surface area contributed by atoms with Gasteiger partial charge in [0.15, 0.2) is 38.6 Å². The SMILES string of the molecule is BC1(B)Oc2ccc(C(=O)C(B)(C)NC)cc2O1. The summed E-state index contributed by atoms with van der Waals surface area (Å²) in [6.45, 7) is 1.85. The smallest absolute Gasteiger partial charge is 0.197 e. The number of hydrogen-bond acceptors (Lipinski definition) is 4. The van der Waals surface area contributed by atoms with Crippen molar-refractivity contribution in [2.75, 3.05) is 7.05 Å². The van der Waals surface area contributed by atoms with E-state index in [1.54, 1.807) is 25.2 Å². The van der Waals surface area contributed by atoms with Crippen molar-refractivity contribution >= 4 is 29.3 Å². The fourth-order valence-corrected chi connectivity index (χ4v) is 1.84. The maximum Gasteiger partial charge on any atom is 0.197 e. The molecule has 0 amide bonds. The number of likely N-dealkylation sites (N-methyl/N-ethyl adjacent to an activating group) is 1. The van der Waals surface area contributed by atoms with Crippen LogP contribution in [0.5, 0.6) is 11.5 Å². The van der Waals surface area contributed by atoms with E-state index < -0.39 is 11.0 Å². The molecule has 0 spiro atoms. The molecular weight excluding hydrogens is 227 g/mol. The summed E-state index contributed by atoms with van der Waals surface area (Å²) in [5, 5.41) is 3.00. The summed E-state index contributed by atoms with van der Waals surface area (Å²) >= 11 is 0. The normalized spacial score (nSPS) is 19.2. The highest BCUT2D eigenvalue weighted by molar-refractivity contribution is 6.38. The van der Waals surface area contributed by atoms with E-state index in [0.717, 1.165) is 0 Å². The van der Waals surface area contributed by atoms with Crippen LogP contribution in [-0.2, 0) is 0 Å². The second-order valence-corrected chi connectivity index (χ2v) is 5.47. The van der Waals surface area contributed by atoms with E-state index in [9.17, 15) is 4.79 Å². The van der Waals surface area contributed by atoms with Gasteiger partial charge in [-0.1, -0.05) is 0 Å². The van der Waals surface area contributed by atoms with E-state index in [-0.39, 0.29) is 5.78 Å². The molecule has 0 aliphatic carbocycles. The van der Waals surface area contributed by atoms with Crippen LogP contribution in [0.1, 0.15) is 17.3 Å². The highest BCUT2D eigenvalue weighted by atomic mass is 16.7. The fourth-order valence-electron chi connectivity index (χ4n) is 1.84. The van der Waals surface area contributed by atoms with E-state index in [1.807, 2.05) is 30.5 Å². The third kappa shape index (κ3) is 2.27. The minimum atomic E-state index is -0.664. The molecule has 7 heteroatoms. The highest BCUT2D eigenvalue weighted by Gasteiger charge is 2.33. The Hall–Kier alpha value is -1.36. The zero-order chi connectivity index (χ0) is 13.6. The van der Waals surface area contributed by atoms with E-state index >= 15 is 0 Å². The van der Waals surface area contributed by atoms with Gasteiger partial charge in [0, 0.05) is 11.0 Å². The molecule has 0 saturated carbocycles. The van der Waals surface area contributed by atoms with Crippen LogP contribution in [0.4, 0.5) is 0 Å². The summed E-state index contributed by atoms with van der Waals surface area (Å²) in [7, 11) is 7.30. The Morgan fingerprint density at radius 2 is 1.94 bits per heavy atom. The Morgan fingerprint density at radius 3 is 2.56 bits per heavy atom. The molecule has 1 aromatic rings. The number of ketones is 1. The number of Topliss-reactive ketones (excluding diaryl/α,β-unsaturated/α-hetero) is 1. The van der Waals surface area contributed by atoms with Gasteiger partial charge in [0.1, 0.15) is 7.85 Å². The maximum atomic E-state index is 12.3. The van der Waals surface area contributed by atoms with Crippen molar-refractivity contribution in [3.8, 4) is 11.5 Å². The first-order valence-electron chi connectivity index (χ1n) is 6.01. The Labute approximate surface area is 110 Å². The van der Waals surface area contributed by atoms with Crippen LogP contribution in [0.25, 0.3) is 0 Å². The fraction of sp³-hybridized carbons (Fsp3) is 0.364. The van der Waals surface area contributed by atoms with Gasteiger partial charge in [-0.15, -0.1) is 0 Å². The summed E-state index contributed by atoms with van der Waals surface area (Å²) in [4.78, 5) is 12.3. The predicted molar refractivity (Wildman–Crippen MR) is 77.9 cm³/mol. The highest BCUT2D eigenvalue weighted by Crippen LogP contribution is 2.38. The lowest BCUT2D eigenvalue weighted by atomic mass is 9.74. The van der Waals surface area contributed by atoms with Crippen LogP contribution < -0.4 is 14.8 Å². The zero-order valence-electron chi connectivity index (χ0n) is 11.5. The second-order valence-electron chi connectivity index (χ2n) is 5.47. The van der Waals surface area contributed by atoms with E-state index in [0.29, 0.717) is 17.1 Å². The molecule has 1 aliphatic rings. The molecule has 1 aromatic carbocycles. The maximum absolute atomic E-state index is 12.3. The summed E-state index contributed by atoms with van der Waals surface area (Å²) in [5.41, 5.74) is -0.638. The van der Waals surface area contributed by atoms with Crippen LogP contribution >= 0.6 is 0 Å². The summed E-state index contributed by atoms with van der Waals surface area (Å²) < 4.78 is 11.2. The van der Waals surface area contributed by atoms with Gasteiger partial charge in [-0.05, 0) is 32.2 Å². The van der Waals surface area contributed by atoms with E-state index in [1.165, 1.54) is 0 Å². The minimum Gasteiger partial charge on any atom is -0.467 e. The van der Waals surface area contributed by atoms with Crippen LogP contribution in [0.2, 0.25) is 0 Å². The molecule has 2 rings (SSSR count). The van der Waals surface area contributed by atoms with Crippen LogP contribution in [0, 0.1) is 0 Å². The largest absolute Gasteiger partial charge is 0.467 e. The standard InChI is InChI=1S/C11H16B3NO3/c1-10(12,15-2)9(16)6-3-4-7-8(5-6)18-11(13,14)17-7/h3-5,15H,12-14H2,1-2H3. The summed E-state index contributed by atoms with van der Waals surface area (Å²) in [6, 6.07) is 5.29. The van der Waals surface area contributed by atoms with Crippen LogP contribution in [0.15, 0.2) is 18.2 Å². The lowest BCUT2D eigenvalue weighted by Crippen LogP contribution is -2.48. The molecule has 0 bridgehead atoms. The second kappa shape index (κ2) is 4.09. The van der Waals surface area contributed by atoms with Gasteiger partial charge in [-0.2, -0.15) is 0 Å². The number of nitrogens with one attached hydrogen (secondary N) is 1. The van der Waals surface area contributed by atoms with Gasteiger partial charge >= 0.3 is 0 Å². The average molecular weight is 243 g/mol. The number of carbonyl (C=O) groups excluding carboxylic acids is 1. The van der Waals surface area contributed by atoms with E-state index in [2.05, 4.69) is 5.32 Å². The third-order valence-electron chi connectivity index (χ3n) is 3.11. The van der Waals surface area contributed by atoms with Crippen molar-refractivity contribution in [3.63, 3.8) is 0 Å². The van der Waals surface area contributed by atoms with Gasteiger partial charge < -0.3 is 14.8 Å². The molecule has 4 nitrogen and oxygen atoms in total. The Kier molecular flexibility index (Phi) is 2.97. The molecule has 0 saturated heterocycles. The topological polar surface area (TPSA) is 47.6 Å².